The van der Waals surface area contributed by atoms with Crippen molar-refractivity contribution in [2.75, 3.05) is 13.1 Å². The molecule has 3 N–H and O–H groups in total. The lowest BCUT2D eigenvalue weighted by Gasteiger charge is -2.20. The summed E-state index contributed by atoms with van der Waals surface area (Å²) in [4.78, 5) is 35.3. The lowest BCUT2D eigenvalue weighted by Crippen LogP contribution is -2.49. The highest BCUT2D eigenvalue weighted by atomic mass is 32.2. The van der Waals surface area contributed by atoms with Gasteiger partial charge in [0.05, 0.1) is 4.90 Å². The topological polar surface area (TPSA) is 125 Å². The van der Waals surface area contributed by atoms with E-state index < -0.39 is 27.7 Å². The average molecular weight is 410 g/mol. The molecule has 0 atom stereocenters. The third kappa shape index (κ3) is 5.77. The molecule has 1 aliphatic rings. The van der Waals surface area contributed by atoms with Gasteiger partial charge in [-0.05, 0) is 51.0 Å². The molecule has 10 heteroatoms. The van der Waals surface area contributed by atoms with E-state index in [-0.39, 0.29) is 16.5 Å². The molecule has 0 radical (unpaired) electrons. The van der Waals surface area contributed by atoms with Crippen molar-refractivity contribution < 1.29 is 22.8 Å². The second kappa shape index (κ2) is 9.65. The molecule has 1 aromatic carbocycles. The van der Waals surface area contributed by atoms with E-state index in [1.54, 1.807) is 13.8 Å². The van der Waals surface area contributed by atoms with Crippen molar-refractivity contribution in [3.05, 3.63) is 29.8 Å². The third-order valence-corrected chi connectivity index (χ3v) is 6.15. The van der Waals surface area contributed by atoms with Gasteiger partial charge in [0, 0.05) is 24.7 Å². The van der Waals surface area contributed by atoms with Crippen LogP contribution in [0, 0.1) is 0 Å². The first-order valence-electron chi connectivity index (χ1n) is 9.23. The second-order valence-corrected chi connectivity index (χ2v) is 8.82. The molecule has 0 saturated carbocycles. The number of sulfonamides is 1. The van der Waals surface area contributed by atoms with E-state index in [0.29, 0.717) is 13.1 Å². The van der Waals surface area contributed by atoms with Crippen LogP contribution >= 0.6 is 0 Å². The average Bonchev–Trinajstić information content (AvgIpc) is 2.95. The van der Waals surface area contributed by atoms with Crippen LogP contribution < -0.4 is 16.2 Å². The molecule has 1 heterocycles. The van der Waals surface area contributed by atoms with Crippen LogP contribution in [0.1, 0.15) is 49.9 Å². The Morgan fingerprint density at radius 2 is 1.46 bits per heavy atom. The molecule has 154 valence electrons. The summed E-state index contributed by atoms with van der Waals surface area (Å²) in [6, 6.07) is 5.23. The number of rotatable bonds is 4. The van der Waals surface area contributed by atoms with Crippen LogP contribution in [0.4, 0.5) is 0 Å². The van der Waals surface area contributed by atoms with Gasteiger partial charge >= 0.3 is 11.8 Å². The Balaban J connectivity index is 1.98. The van der Waals surface area contributed by atoms with Crippen molar-refractivity contribution in [2.45, 2.75) is 50.5 Å². The Hall–Kier alpha value is -2.46. The SMILES string of the molecule is CC(C)NC(=O)C(=O)NNC(=O)c1ccc(S(=O)(=O)N2CCCCCC2)cc1. The summed E-state index contributed by atoms with van der Waals surface area (Å²) in [6.45, 7) is 4.39. The minimum absolute atomic E-state index is 0.117. The number of hydrazine groups is 1. The fourth-order valence-electron chi connectivity index (χ4n) is 2.78. The first kappa shape index (κ1) is 21.8. The van der Waals surface area contributed by atoms with Gasteiger partial charge in [0.1, 0.15) is 0 Å². The summed E-state index contributed by atoms with van der Waals surface area (Å²) in [5, 5.41) is 2.39. The monoisotopic (exact) mass is 410 g/mol. The van der Waals surface area contributed by atoms with E-state index in [2.05, 4.69) is 10.7 Å². The zero-order chi connectivity index (χ0) is 20.7. The van der Waals surface area contributed by atoms with Crippen LogP contribution in [0.15, 0.2) is 29.2 Å². The minimum Gasteiger partial charge on any atom is -0.346 e. The predicted octanol–water partition coefficient (Wildman–Crippen LogP) is 0.537. The molecular formula is C18H26N4O5S. The van der Waals surface area contributed by atoms with Gasteiger partial charge in [0.2, 0.25) is 10.0 Å². The highest BCUT2D eigenvalue weighted by Gasteiger charge is 2.25. The number of amides is 3. The molecule has 1 saturated heterocycles. The Labute approximate surface area is 164 Å². The van der Waals surface area contributed by atoms with E-state index in [4.69, 9.17) is 0 Å². The molecule has 0 unspecified atom stereocenters. The molecule has 1 aromatic rings. The normalized spacial score (nSPS) is 15.5. The van der Waals surface area contributed by atoms with Crippen LogP contribution in [0.25, 0.3) is 0 Å². The number of carbonyl (C=O) groups excluding carboxylic acids is 3. The van der Waals surface area contributed by atoms with Gasteiger partial charge in [-0.2, -0.15) is 4.31 Å². The predicted molar refractivity (Wildman–Crippen MR) is 103 cm³/mol. The summed E-state index contributed by atoms with van der Waals surface area (Å²) in [7, 11) is -3.60. The number of hydrogen-bond acceptors (Lipinski definition) is 5. The van der Waals surface area contributed by atoms with Gasteiger partial charge in [-0.1, -0.05) is 12.8 Å². The zero-order valence-corrected chi connectivity index (χ0v) is 16.8. The first-order valence-corrected chi connectivity index (χ1v) is 10.7. The summed E-state index contributed by atoms with van der Waals surface area (Å²) in [5.74, 6) is -2.53. The van der Waals surface area contributed by atoms with Crippen LogP contribution in [-0.2, 0) is 19.6 Å². The number of carbonyl (C=O) groups is 3. The number of benzene rings is 1. The fourth-order valence-corrected chi connectivity index (χ4v) is 4.30. The number of nitrogens with zero attached hydrogens (tertiary/aromatic N) is 1. The molecule has 0 aromatic heterocycles. The Bertz CT molecular complexity index is 813. The van der Waals surface area contributed by atoms with E-state index in [1.165, 1.54) is 28.6 Å². The van der Waals surface area contributed by atoms with Crippen LogP contribution in [0.3, 0.4) is 0 Å². The third-order valence-electron chi connectivity index (χ3n) is 4.23. The maximum absolute atomic E-state index is 12.7. The van der Waals surface area contributed by atoms with Crippen molar-refractivity contribution in [3.8, 4) is 0 Å². The second-order valence-electron chi connectivity index (χ2n) is 6.88. The fraction of sp³-hybridized carbons (Fsp3) is 0.500. The van der Waals surface area contributed by atoms with Crippen molar-refractivity contribution in [3.63, 3.8) is 0 Å². The molecule has 1 fully saturated rings. The molecule has 1 aliphatic heterocycles. The summed E-state index contributed by atoms with van der Waals surface area (Å²) in [5.41, 5.74) is 4.29. The highest BCUT2D eigenvalue weighted by Crippen LogP contribution is 2.20. The maximum atomic E-state index is 12.7. The van der Waals surface area contributed by atoms with Crippen molar-refractivity contribution in [2.24, 2.45) is 0 Å². The summed E-state index contributed by atoms with van der Waals surface area (Å²) in [6.07, 6.45) is 3.71. The van der Waals surface area contributed by atoms with Crippen LogP contribution in [-0.4, -0.2) is 49.6 Å². The van der Waals surface area contributed by atoms with Gasteiger partial charge in [0.15, 0.2) is 0 Å². The number of hydrogen-bond donors (Lipinski definition) is 3. The smallest absolute Gasteiger partial charge is 0.327 e. The van der Waals surface area contributed by atoms with Crippen molar-refractivity contribution in [1.82, 2.24) is 20.5 Å². The summed E-state index contributed by atoms with van der Waals surface area (Å²) < 4.78 is 26.9. The molecule has 3 amide bonds. The lowest BCUT2D eigenvalue weighted by atomic mass is 10.2. The Kier molecular flexibility index (Phi) is 7.53. The van der Waals surface area contributed by atoms with Gasteiger partial charge in [-0.3, -0.25) is 25.2 Å². The Morgan fingerprint density at radius 1 is 0.893 bits per heavy atom. The first-order chi connectivity index (χ1) is 13.2. The van der Waals surface area contributed by atoms with E-state index >= 15 is 0 Å². The van der Waals surface area contributed by atoms with Crippen molar-refractivity contribution >= 4 is 27.7 Å². The lowest BCUT2D eigenvalue weighted by molar-refractivity contribution is -0.139. The minimum atomic E-state index is -3.60. The maximum Gasteiger partial charge on any atom is 0.327 e. The molecule has 9 nitrogen and oxygen atoms in total. The van der Waals surface area contributed by atoms with Crippen molar-refractivity contribution in [1.29, 1.82) is 0 Å². The highest BCUT2D eigenvalue weighted by molar-refractivity contribution is 7.89. The van der Waals surface area contributed by atoms with Crippen LogP contribution in [0.5, 0.6) is 0 Å². The van der Waals surface area contributed by atoms with Gasteiger partial charge < -0.3 is 5.32 Å². The van der Waals surface area contributed by atoms with Gasteiger partial charge in [0.25, 0.3) is 5.91 Å². The molecule has 2 rings (SSSR count). The largest absolute Gasteiger partial charge is 0.346 e. The van der Waals surface area contributed by atoms with Crippen LogP contribution in [0.2, 0.25) is 0 Å². The van der Waals surface area contributed by atoms with Gasteiger partial charge in [-0.25, -0.2) is 8.42 Å². The zero-order valence-electron chi connectivity index (χ0n) is 16.0. The van der Waals surface area contributed by atoms with E-state index in [0.717, 1.165) is 25.7 Å². The molecule has 0 bridgehead atoms. The van der Waals surface area contributed by atoms with E-state index in [1.807, 2.05) is 5.43 Å². The molecule has 0 spiro atoms. The molecular weight excluding hydrogens is 384 g/mol. The van der Waals surface area contributed by atoms with Gasteiger partial charge in [-0.15, -0.1) is 0 Å². The molecule has 0 aliphatic carbocycles. The van der Waals surface area contributed by atoms with E-state index in [9.17, 15) is 22.8 Å². The molecule has 28 heavy (non-hydrogen) atoms. The quantitative estimate of drug-likeness (QED) is 0.493. The standard InChI is InChI=1S/C18H26N4O5S/c1-13(2)19-17(24)18(25)21-20-16(23)14-7-9-15(10-8-14)28(26,27)22-11-5-3-4-6-12-22/h7-10,13H,3-6,11-12H2,1-2H3,(H,19,24)(H,20,23)(H,21,25). The summed E-state index contributed by atoms with van der Waals surface area (Å²) >= 11 is 0. The Morgan fingerprint density at radius 3 is 2.00 bits per heavy atom. The number of nitrogens with one attached hydrogen (secondary N) is 3.